The molecule has 1 amide bonds. The molecule has 0 bridgehead atoms. The van der Waals surface area contributed by atoms with Crippen LogP contribution >= 0.6 is 0 Å². The van der Waals surface area contributed by atoms with Gasteiger partial charge in [0.2, 0.25) is 0 Å². The lowest BCUT2D eigenvalue weighted by atomic mass is 9.95. The first-order valence-corrected chi connectivity index (χ1v) is 7.64. The first-order valence-electron chi connectivity index (χ1n) is 7.64. The van der Waals surface area contributed by atoms with Gasteiger partial charge >= 0.3 is 0 Å². The van der Waals surface area contributed by atoms with Crippen LogP contribution in [-0.2, 0) is 0 Å². The zero-order chi connectivity index (χ0) is 15.9. The van der Waals surface area contributed by atoms with Crippen LogP contribution in [0.2, 0.25) is 0 Å². The van der Waals surface area contributed by atoms with Crippen LogP contribution in [0.15, 0.2) is 12.4 Å². The Balaban J connectivity index is 1.82. The third kappa shape index (κ3) is 2.83. The number of carbonyl (C=O) groups is 1. The molecular weight excluding hydrogens is 280 g/mol. The van der Waals surface area contributed by atoms with Gasteiger partial charge in [0, 0.05) is 30.7 Å². The highest BCUT2D eigenvalue weighted by atomic mass is 16.3. The van der Waals surface area contributed by atoms with Crippen molar-refractivity contribution in [2.75, 3.05) is 13.2 Å². The van der Waals surface area contributed by atoms with Crippen molar-refractivity contribution in [3.63, 3.8) is 0 Å². The Kier molecular flexibility index (Phi) is 3.64. The van der Waals surface area contributed by atoms with Crippen LogP contribution in [0.4, 0.5) is 0 Å². The fourth-order valence-electron chi connectivity index (χ4n) is 2.46. The number of aromatic amines is 1. The Hall–Kier alpha value is -1.95. The van der Waals surface area contributed by atoms with Crippen molar-refractivity contribution in [1.29, 1.82) is 0 Å². The molecule has 0 aliphatic heterocycles. The Morgan fingerprint density at radius 2 is 2.27 bits per heavy atom. The molecule has 2 atom stereocenters. The molecule has 6 nitrogen and oxygen atoms in total. The van der Waals surface area contributed by atoms with Gasteiger partial charge in [-0.2, -0.15) is 0 Å². The maximum absolute atomic E-state index is 12.4. The minimum atomic E-state index is -0.345. The summed E-state index contributed by atoms with van der Waals surface area (Å²) in [6.45, 7) is 6.41. The maximum Gasteiger partial charge on any atom is 0.255 e. The molecule has 118 valence electrons. The SMILES string of the molecule is CC1CC1c1cnc2[nH]cc(C(=O)NCC(C)(C)CO)c2n1. The van der Waals surface area contributed by atoms with E-state index in [0.717, 1.165) is 12.1 Å². The molecular formula is C16H22N4O2. The summed E-state index contributed by atoms with van der Waals surface area (Å²) in [7, 11) is 0. The number of aliphatic hydroxyl groups excluding tert-OH is 1. The molecule has 22 heavy (non-hydrogen) atoms. The van der Waals surface area contributed by atoms with E-state index in [1.54, 1.807) is 12.4 Å². The second-order valence-corrected chi connectivity index (χ2v) is 7.02. The van der Waals surface area contributed by atoms with E-state index in [4.69, 9.17) is 0 Å². The van der Waals surface area contributed by atoms with Crippen LogP contribution in [0.1, 0.15) is 49.2 Å². The summed E-state index contributed by atoms with van der Waals surface area (Å²) in [5, 5.41) is 12.1. The summed E-state index contributed by atoms with van der Waals surface area (Å²) in [4.78, 5) is 24.4. The van der Waals surface area contributed by atoms with E-state index in [-0.39, 0.29) is 17.9 Å². The summed E-state index contributed by atoms with van der Waals surface area (Å²) >= 11 is 0. The van der Waals surface area contributed by atoms with Gasteiger partial charge in [-0.15, -0.1) is 0 Å². The van der Waals surface area contributed by atoms with Gasteiger partial charge in [-0.1, -0.05) is 20.8 Å². The highest BCUT2D eigenvalue weighted by Crippen LogP contribution is 2.46. The minimum absolute atomic E-state index is 0.0185. The average Bonchev–Trinajstić information content (AvgIpc) is 3.08. The van der Waals surface area contributed by atoms with Gasteiger partial charge in [-0.05, 0) is 12.3 Å². The van der Waals surface area contributed by atoms with Gasteiger partial charge in [0.15, 0.2) is 5.65 Å². The zero-order valence-electron chi connectivity index (χ0n) is 13.2. The molecule has 2 unspecified atom stereocenters. The number of rotatable bonds is 5. The number of hydrogen-bond acceptors (Lipinski definition) is 4. The molecule has 2 heterocycles. The van der Waals surface area contributed by atoms with Gasteiger partial charge in [0.05, 0.1) is 17.5 Å². The number of carbonyl (C=O) groups excluding carboxylic acids is 1. The number of nitrogens with one attached hydrogen (secondary N) is 2. The predicted octanol–water partition coefficient (Wildman–Crippen LogP) is 1.83. The monoisotopic (exact) mass is 302 g/mol. The Morgan fingerprint density at radius 1 is 1.55 bits per heavy atom. The van der Waals surface area contributed by atoms with Crippen molar-refractivity contribution in [1.82, 2.24) is 20.3 Å². The molecule has 1 aliphatic rings. The molecule has 0 saturated heterocycles. The smallest absolute Gasteiger partial charge is 0.255 e. The Morgan fingerprint density at radius 3 is 2.91 bits per heavy atom. The fraction of sp³-hybridized carbons (Fsp3) is 0.562. The third-order valence-electron chi connectivity index (χ3n) is 4.29. The van der Waals surface area contributed by atoms with Gasteiger partial charge in [-0.25, -0.2) is 9.97 Å². The molecule has 3 rings (SSSR count). The highest BCUT2D eigenvalue weighted by molar-refractivity contribution is 6.04. The van der Waals surface area contributed by atoms with E-state index in [0.29, 0.717) is 35.1 Å². The highest BCUT2D eigenvalue weighted by Gasteiger charge is 2.35. The third-order valence-corrected chi connectivity index (χ3v) is 4.29. The van der Waals surface area contributed by atoms with Gasteiger partial charge < -0.3 is 15.4 Å². The number of nitrogens with zero attached hydrogens (tertiary/aromatic N) is 2. The van der Waals surface area contributed by atoms with Crippen LogP contribution < -0.4 is 5.32 Å². The molecule has 0 aromatic carbocycles. The molecule has 0 radical (unpaired) electrons. The minimum Gasteiger partial charge on any atom is -0.396 e. The molecule has 2 aromatic heterocycles. The van der Waals surface area contributed by atoms with Crippen molar-refractivity contribution >= 4 is 17.1 Å². The molecule has 2 aromatic rings. The van der Waals surface area contributed by atoms with E-state index in [1.165, 1.54) is 0 Å². The van der Waals surface area contributed by atoms with Crippen LogP contribution in [0.5, 0.6) is 0 Å². The molecule has 1 fully saturated rings. The van der Waals surface area contributed by atoms with Crippen molar-refractivity contribution < 1.29 is 9.90 Å². The lowest BCUT2D eigenvalue weighted by Gasteiger charge is -2.21. The summed E-state index contributed by atoms with van der Waals surface area (Å²) < 4.78 is 0. The van der Waals surface area contributed by atoms with E-state index < -0.39 is 0 Å². The number of hydrogen-bond donors (Lipinski definition) is 3. The number of fused-ring (bicyclic) bond motifs is 1. The summed E-state index contributed by atoms with van der Waals surface area (Å²) in [5.74, 6) is 0.924. The van der Waals surface area contributed by atoms with Crippen LogP contribution in [0.3, 0.4) is 0 Å². The molecule has 1 saturated carbocycles. The van der Waals surface area contributed by atoms with E-state index in [2.05, 4.69) is 27.2 Å². The Labute approximate surface area is 129 Å². The topological polar surface area (TPSA) is 90.9 Å². The summed E-state index contributed by atoms with van der Waals surface area (Å²) in [6.07, 6.45) is 4.58. The first-order chi connectivity index (χ1) is 10.4. The lowest BCUT2D eigenvalue weighted by molar-refractivity contribution is 0.0912. The van der Waals surface area contributed by atoms with Crippen molar-refractivity contribution in [2.24, 2.45) is 11.3 Å². The van der Waals surface area contributed by atoms with Crippen molar-refractivity contribution in [3.8, 4) is 0 Å². The average molecular weight is 302 g/mol. The van der Waals surface area contributed by atoms with Gasteiger partial charge in [-0.3, -0.25) is 4.79 Å². The van der Waals surface area contributed by atoms with Gasteiger partial charge in [0.25, 0.3) is 5.91 Å². The normalized spacial score (nSPS) is 21.1. The maximum atomic E-state index is 12.4. The molecule has 3 N–H and O–H groups in total. The fourth-order valence-corrected chi connectivity index (χ4v) is 2.46. The molecule has 1 aliphatic carbocycles. The largest absolute Gasteiger partial charge is 0.396 e. The number of aromatic nitrogens is 3. The quantitative estimate of drug-likeness (QED) is 0.786. The predicted molar refractivity (Wildman–Crippen MR) is 83.6 cm³/mol. The molecule has 0 spiro atoms. The standard InChI is InChI=1S/C16H22N4O2/c1-9-4-10(9)12-6-18-14-13(20-12)11(5-17-14)15(22)19-7-16(2,3)8-21/h5-6,9-10,21H,4,7-8H2,1-3H3,(H,17,18)(H,19,22). The van der Waals surface area contributed by atoms with Crippen LogP contribution in [0, 0.1) is 11.3 Å². The number of amides is 1. The van der Waals surface area contributed by atoms with E-state index in [1.807, 2.05) is 13.8 Å². The second kappa shape index (κ2) is 5.35. The van der Waals surface area contributed by atoms with E-state index in [9.17, 15) is 9.90 Å². The first kappa shape index (κ1) is 15.0. The summed E-state index contributed by atoms with van der Waals surface area (Å²) in [5.41, 5.74) is 2.37. The van der Waals surface area contributed by atoms with Gasteiger partial charge in [0.1, 0.15) is 5.52 Å². The van der Waals surface area contributed by atoms with Crippen molar-refractivity contribution in [3.05, 3.63) is 23.7 Å². The van der Waals surface area contributed by atoms with Crippen molar-refractivity contribution in [2.45, 2.75) is 33.1 Å². The van der Waals surface area contributed by atoms with Crippen LogP contribution in [-0.4, -0.2) is 39.1 Å². The summed E-state index contributed by atoms with van der Waals surface area (Å²) in [6, 6.07) is 0. The van der Waals surface area contributed by atoms with Crippen LogP contribution in [0.25, 0.3) is 11.2 Å². The number of aliphatic hydroxyl groups is 1. The second-order valence-electron chi connectivity index (χ2n) is 7.02. The number of H-pyrrole nitrogens is 1. The lowest BCUT2D eigenvalue weighted by Crippen LogP contribution is -2.36. The van der Waals surface area contributed by atoms with E-state index >= 15 is 0 Å². The Bertz CT molecular complexity index is 707. The molecule has 6 heteroatoms. The zero-order valence-corrected chi connectivity index (χ0v) is 13.2.